The number of carbonyl (C=O) groups excluding carboxylic acids is 1. The Morgan fingerprint density at radius 1 is 1.41 bits per heavy atom. The Morgan fingerprint density at radius 2 is 2.24 bits per heavy atom. The molecule has 2 rings (SSSR count). The Balaban J connectivity index is 0.00000144. The van der Waals surface area contributed by atoms with E-state index in [1.54, 1.807) is 17.2 Å². The van der Waals surface area contributed by atoms with Crippen LogP contribution in [0.2, 0.25) is 0 Å². The number of pyridine rings is 1. The van der Waals surface area contributed by atoms with Gasteiger partial charge in [-0.2, -0.15) is 0 Å². The van der Waals surface area contributed by atoms with Gasteiger partial charge in [-0.05, 0) is 12.5 Å². The zero-order valence-corrected chi connectivity index (χ0v) is 10.3. The monoisotopic (exact) mass is 257 g/mol. The molecular weight excluding hydrogens is 242 g/mol. The summed E-state index contributed by atoms with van der Waals surface area (Å²) in [6.07, 6.45) is 3.97. The molecule has 1 aromatic heterocycles. The van der Waals surface area contributed by atoms with Gasteiger partial charge in [-0.1, -0.05) is 0 Å². The van der Waals surface area contributed by atoms with Crippen LogP contribution in [0.5, 0.6) is 0 Å². The highest BCUT2D eigenvalue weighted by Gasteiger charge is 2.19. The van der Waals surface area contributed by atoms with E-state index in [4.69, 9.17) is 10.5 Å². The predicted molar refractivity (Wildman–Crippen MR) is 67.2 cm³/mol. The minimum atomic E-state index is -0.0592. The number of anilines is 1. The fourth-order valence-corrected chi connectivity index (χ4v) is 1.70. The lowest BCUT2D eigenvalue weighted by Crippen LogP contribution is -2.33. The number of halogens is 1. The second kappa shape index (κ2) is 6.42. The van der Waals surface area contributed by atoms with Crippen LogP contribution < -0.4 is 5.73 Å². The third-order valence-electron chi connectivity index (χ3n) is 2.59. The molecule has 6 heteroatoms. The Kier molecular flexibility index (Phi) is 5.18. The van der Waals surface area contributed by atoms with Crippen molar-refractivity contribution in [1.82, 2.24) is 9.88 Å². The number of hydrogen-bond acceptors (Lipinski definition) is 4. The van der Waals surface area contributed by atoms with Gasteiger partial charge in [-0.15, -0.1) is 12.4 Å². The van der Waals surface area contributed by atoms with Gasteiger partial charge in [0.05, 0.1) is 12.2 Å². The van der Waals surface area contributed by atoms with Crippen LogP contribution in [0.15, 0.2) is 18.5 Å². The van der Waals surface area contributed by atoms with E-state index < -0.39 is 0 Å². The summed E-state index contributed by atoms with van der Waals surface area (Å²) < 4.78 is 5.30. The summed E-state index contributed by atoms with van der Waals surface area (Å²) in [5, 5.41) is 0. The molecule has 1 fully saturated rings. The van der Waals surface area contributed by atoms with Crippen molar-refractivity contribution in [2.24, 2.45) is 0 Å². The molecule has 0 aromatic carbocycles. The lowest BCUT2D eigenvalue weighted by Gasteiger charge is -2.20. The normalized spacial score (nSPS) is 15.9. The first-order chi connectivity index (χ1) is 7.79. The molecule has 1 saturated heterocycles. The molecule has 0 atom stereocenters. The van der Waals surface area contributed by atoms with Gasteiger partial charge in [0.25, 0.3) is 5.91 Å². The van der Waals surface area contributed by atoms with Crippen molar-refractivity contribution in [3.05, 3.63) is 24.0 Å². The minimum absolute atomic E-state index is 0. The van der Waals surface area contributed by atoms with Crippen molar-refractivity contribution in [2.75, 3.05) is 32.0 Å². The Bertz CT molecular complexity index is 379. The van der Waals surface area contributed by atoms with Crippen LogP contribution in [-0.4, -0.2) is 42.1 Å². The van der Waals surface area contributed by atoms with Crippen LogP contribution in [0.3, 0.4) is 0 Å². The number of amides is 1. The van der Waals surface area contributed by atoms with E-state index in [1.165, 1.54) is 6.20 Å². The topological polar surface area (TPSA) is 68.5 Å². The largest absolute Gasteiger partial charge is 0.398 e. The molecule has 0 bridgehead atoms. The van der Waals surface area contributed by atoms with Crippen molar-refractivity contribution in [3.8, 4) is 0 Å². The molecule has 2 heterocycles. The smallest absolute Gasteiger partial charge is 0.257 e. The summed E-state index contributed by atoms with van der Waals surface area (Å²) in [5.41, 5.74) is 6.70. The van der Waals surface area contributed by atoms with Crippen molar-refractivity contribution >= 4 is 24.0 Å². The quantitative estimate of drug-likeness (QED) is 0.813. The van der Waals surface area contributed by atoms with E-state index in [2.05, 4.69) is 4.98 Å². The fourth-order valence-electron chi connectivity index (χ4n) is 1.70. The lowest BCUT2D eigenvalue weighted by molar-refractivity contribution is 0.0742. The summed E-state index contributed by atoms with van der Waals surface area (Å²) in [6, 6.07) is 1.64. The van der Waals surface area contributed by atoms with Crippen molar-refractivity contribution in [1.29, 1.82) is 0 Å². The van der Waals surface area contributed by atoms with Crippen LogP contribution in [-0.2, 0) is 4.74 Å². The first-order valence-corrected chi connectivity index (χ1v) is 5.35. The highest BCUT2D eigenvalue weighted by atomic mass is 35.5. The van der Waals surface area contributed by atoms with Gasteiger partial charge in [0.1, 0.15) is 0 Å². The molecule has 1 aromatic rings. The number of nitrogens with two attached hydrogens (primary N) is 1. The average molecular weight is 258 g/mol. The summed E-state index contributed by atoms with van der Waals surface area (Å²) in [6.45, 7) is 2.64. The Morgan fingerprint density at radius 3 is 3.00 bits per heavy atom. The maximum Gasteiger partial charge on any atom is 0.257 e. The standard InChI is InChI=1S/C11H15N3O2.ClH/c12-10-2-3-13-8-9(10)11(15)14-4-1-6-16-7-5-14;/h2-3,8H,1,4-7H2,(H2,12,13);1H. The minimum Gasteiger partial charge on any atom is -0.398 e. The fraction of sp³-hybridized carbons (Fsp3) is 0.455. The van der Waals surface area contributed by atoms with E-state index in [9.17, 15) is 4.79 Å². The van der Waals surface area contributed by atoms with Crippen LogP contribution >= 0.6 is 12.4 Å². The SMILES string of the molecule is Cl.Nc1ccncc1C(=O)N1CCCOCC1. The predicted octanol–water partition coefficient (Wildman–Crippen LogP) is 0.948. The highest BCUT2D eigenvalue weighted by molar-refractivity contribution is 5.98. The molecule has 0 radical (unpaired) electrons. The number of aromatic nitrogens is 1. The van der Waals surface area contributed by atoms with Crippen molar-refractivity contribution in [3.63, 3.8) is 0 Å². The molecule has 0 unspecified atom stereocenters. The number of rotatable bonds is 1. The zero-order valence-electron chi connectivity index (χ0n) is 9.46. The maximum atomic E-state index is 12.1. The highest BCUT2D eigenvalue weighted by Crippen LogP contribution is 2.13. The third-order valence-corrected chi connectivity index (χ3v) is 2.59. The molecule has 94 valence electrons. The Labute approximate surface area is 106 Å². The number of ether oxygens (including phenoxy) is 1. The second-order valence-electron chi connectivity index (χ2n) is 3.72. The zero-order chi connectivity index (χ0) is 11.4. The molecule has 17 heavy (non-hydrogen) atoms. The first kappa shape index (κ1) is 13.7. The van der Waals surface area contributed by atoms with E-state index in [1.807, 2.05) is 0 Å². The van der Waals surface area contributed by atoms with Crippen LogP contribution in [0.1, 0.15) is 16.8 Å². The first-order valence-electron chi connectivity index (χ1n) is 5.35. The summed E-state index contributed by atoms with van der Waals surface area (Å²) in [4.78, 5) is 17.8. The van der Waals surface area contributed by atoms with E-state index in [0.717, 1.165) is 6.42 Å². The molecular formula is C11H16ClN3O2. The number of carbonyl (C=O) groups is 1. The molecule has 2 N–H and O–H groups in total. The summed E-state index contributed by atoms with van der Waals surface area (Å²) >= 11 is 0. The van der Waals surface area contributed by atoms with Gasteiger partial charge >= 0.3 is 0 Å². The molecule has 5 nitrogen and oxygen atoms in total. The lowest BCUT2D eigenvalue weighted by atomic mass is 10.2. The van der Waals surface area contributed by atoms with E-state index in [0.29, 0.717) is 37.6 Å². The van der Waals surface area contributed by atoms with Crippen LogP contribution in [0, 0.1) is 0 Å². The van der Waals surface area contributed by atoms with Crippen LogP contribution in [0.4, 0.5) is 5.69 Å². The van der Waals surface area contributed by atoms with E-state index in [-0.39, 0.29) is 18.3 Å². The number of nitrogens with zero attached hydrogens (tertiary/aromatic N) is 2. The molecule has 0 aliphatic carbocycles. The van der Waals surface area contributed by atoms with Crippen molar-refractivity contribution in [2.45, 2.75) is 6.42 Å². The Hall–Kier alpha value is -1.33. The molecule has 1 aliphatic rings. The summed E-state index contributed by atoms with van der Waals surface area (Å²) in [5.74, 6) is -0.0592. The molecule has 1 aliphatic heterocycles. The number of nitrogen functional groups attached to an aromatic ring is 1. The molecule has 0 spiro atoms. The number of hydrogen-bond donors (Lipinski definition) is 1. The van der Waals surface area contributed by atoms with Gasteiger partial charge < -0.3 is 15.4 Å². The van der Waals surface area contributed by atoms with Gasteiger partial charge in [-0.25, -0.2) is 0 Å². The van der Waals surface area contributed by atoms with Gasteiger partial charge in [0.2, 0.25) is 0 Å². The molecule has 0 saturated carbocycles. The maximum absolute atomic E-state index is 12.1. The van der Waals surface area contributed by atoms with Gasteiger partial charge in [0.15, 0.2) is 0 Å². The van der Waals surface area contributed by atoms with Crippen LogP contribution in [0.25, 0.3) is 0 Å². The van der Waals surface area contributed by atoms with Gasteiger partial charge in [0, 0.05) is 37.8 Å². The van der Waals surface area contributed by atoms with E-state index >= 15 is 0 Å². The molecule has 1 amide bonds. The van der Waals surface area contributed by atoms with Crippen molar-refractivity contribution < 1.29 is 9.53 Å². The average Bonchev–Trinajstić information content (AvgIpc) is 2.57. The van der Waals surface area contributed by atoms with Gasteiger partial charge in [-0.3, -0.25) is 9.78 Å². The summed E-state index contributed by atoms with van der Waals surface area (Å²) in [7, 11) is 0. The third kappa shape index (κ3) is 3.31. The second-order valence-corrected chi connectivity index (χ2v) is 3.72.